The minimum absolute atomic E-state index is 0.208. The molecule has 2 amide bonds. The summed E-state index contributed by atoms with van der Waals surface area (Å²) in [4.78, 5) is 24.1. The van der Waals surface area contributed by atoms with Gasteiger partial charge in [0, 0.05) is 11.4 Å². The van der Waals surface area contributed by atoms with Crippen LogP contribution in [0, 0.1) is 27.7 Å². The van der Waals surface area contributed by atoms with E-state index in [1.165, 1.54) is 0 Å². The Kier molecular flexibility index (Phi) is 5.16. The van der Waals surface area contributed by atoms with Crippen molar-refractivity contribution in [3.8, 4) is 0 Å². The van der Waals surface area contributed by atoms with Crippen LogP contribution in [0.4, 0.5) is 11.4 Å². The predicted octanol–water partition coefficient (Wildman–Crippen LogP) is 3.89. The van der Waals surface area contributed by atoms with Gasteiger partial charge < -0.3 is 10.6 Å². The summed E-state index contributed by atoms with van der Waals surface area (Å²) in [5.41, 5.74) is 5.63. The van der Waals surface area contributed by atoms with Gasteiger partial charge in [-0.3, -0.25) is 9.59 Å². The molecule has 0 aliphatic heterocycles. The first-order chi connectivity index (χ1) is 10.8. The van der Waals surface area contributed by atoms with Crippen molar-refractivity contribution in [2.45, 2.75) is 34.1 Å². The zero-order valence-corrected chi connectivity index (χ0v) is 14.0. The number of carbonyl (C=O) groups excluding carboxylic acids is 2. The van der Waals surface area contributed by atoms with Crippen LogP contribution in [0.2, 0.25) is 0 Å². The van der Waals surface area contributed by atoms with E-state index in [-0.39, 0.29) is 18.2 Å². The Bertz CT molecular complexity index is 731. The van der Waals surface area contributed by atoms with E-state index in [1.54, 1.807) is 0 Å². The number of amides is 2. The van der Waals surface area contributed by atoms with Gasteiger partial charge >= 0.3 is 0 Å². The van der Waals surface area contributed by atoms with E-state index in [1.807, 2.05) is 64.1 Å². The highest BCUT2D eigenvalue weighted by molar-refractivity contribution is 6.08. The normalized spacial score (nSPS) is 10.3. The average molecular weight is 310 g/mol. The largest absolute Gasteiger partial charge is 0.326 e. The lowest BCUT2D eigenvalue weighted by molar-refractivity contribution is -0.123. The lowest BCUT2D eigenvalue weighted by atomic mass is 10.1. The Morgan fingerprint density at radius 3 is 2.04 bits per heavy atom. The third kappa shape index (κ3) is 4.95. The standard InChI is InChI=1S/C19H22N2O2/c1-12-5-6-15(4)17(10-12)21-19(23)11-18(22)20-16-8-13(2)7-14(3)9-16/h5-10H,11H2,1-4H3,(H,20,22)(H,21,23). The van der Waals surface area contributed by atoms with Crippen molar-refractivity contribution in [3.63, 3.8) is 0 Å². The van der Waals surface area contributed by atoms with Crippen molar-refractivity contribution in [2.24, 2.45) is 0 Å². The smallest absolute Gasteiger partial charge is 0.233 e. The maximum absolute atomic E-state index is 12.0. The molecule has 0 radical (unpaired) electrons. The predicted molar refractivity (Wildman–Crippen MR) is 93.7 cm³/mol. The Morgan fingerprint density at radius 1 is 0.783 bits per heavy atom. The van der Waals surface area contributed by atoms with E-state index in [9.17, 15) is 9.59 Å². The molecule has 0 aromatic heterocycles. The molecule has 120 valence electrons. The van der Waals surface area contributed by atoms with Gasteiger partial charge in [0.15, 0.2) is 0 Å². The van der Waals surface area contributed by atoms with Crippen LogP contribution in [0.3, 0.4) is 0 Å². The van der Waals surface area contributed by atoms with Gasteiger partial charge in [-0.2, -0.15) is 0 Å². The highest BCUT2D eigenvalue weighted by Gasteiger charge is 2.11. The zero-order valence-electron chi connectivity index (χ0n) is 14.0. The molecule has 0 bridgehead atoms. The second kappa shape index (κ2) is 7.09. The molecular formula is C19H22N2O2. The SMILES string of the molecule is Cc1cc(C)cc(NC(=O)CC(=O)Nc2cc(C)ccc2C)c1. The third-order valence-electron chi connectivity index (χ3n) is 3.49. The van der Waals surface area contributed by atoms with Crippen LogP contribution < -0.4 is 10.6 Å². The molecule has 0 atom stereocenters. The van der Waals surface area contributed by atoms with E-state index in [4.69, 9.17) is 0 Å². The summed E-state index contributed by atoms with van der Waals surface area (Å²) in [7, 11) is 0. The molecule has 4 nitrogen and oxygen atoms in total. The molecule has 23 heavy (non-hydrogen) atoms. The van der Waals surface area contributed by atoms with E-state index >= 15 is 0 Å². The van der Waals surface area contributed by atoms with E-state index in [0.29, 0.717) is 5.69 Å². The molecule has 0 heterocycles. The summed E-state index contributed by atoms with van der Waals surface area (Å²) in [6.07, 6.45) is -0.208. The maximum atomic E-state index is 12.0. The molecule has 0 unspecified atom stereocenters. The molecule has 0 saturated carbocycles. The Balaban J connectivity index is 1.97. The van der Waals surface area contributed by atoms with E-state index in [2.05, 4.69) is 10.6 Å². The van der Waals surface area contributed by atoms with Crippen LogP contribution in [0.1, 0.15) is 28.7 Å². The van der Waals surface area contributed by atoms with Crippen LogP contribution in [0.15, 0.2) is 36.4 Å². The second-order valence-electron chi connectivity index (χ2n) is 5.97. The number of rotatable bonds is 4. The van der Waals surface area contributed by atoms with Crippen molar-refractivity contribution in [3.05, 3.63) is 58.7 Å². The van der Waals surface area contributed by atoms with E-state index in [0.717, 1.165) is 27.9 Å². The van der Waals surface area contributed by atoms with Gasteiger partial charge in [0.1, 0.15) is 6.42 Å². The summed E-state index contributed by atoms with van der Waals surface area (Å²) < 4.78 is 0. The minimum Gasteiger partial charge on any atom is -0.326 e. The number of aryl methyl sites for hydroxylation is 4. The molecular weight excluding hydrogens is 288 g/mol. The van der Waals surface area contributed by atoms with Gasteiger partial charge in [0.2, 0.25) is 11.8 Å². The molecule has 0 saturated heterocycles. The minimum atomic E-state index is -0.321. The maximum Gasteiger partial charge on any atom is 0.233 e. The van der Waals surface area contributed by atoms with Crippen LogP contribution in [-0.4, -0.2) is 11.8 Å². The molecule has 4 heteroatoms. The number of hydrogen-bond donors (Lipinski definition) is 2. The van der Waals surface area contributed by atoms with Gasteiger partial charge in [0.05, 0.1) is 0 Å². The van der Waals surface area contributed by atoms with Gasteiger partial charge in [0.25, 0.3) is 0 Å². The molecule has 0 spiro atoms. The third-order valence-corrected chi connectivity index (χ3v) is 3.49. The van der Waals surface area contributed by atoms with Crippen LogP contribution in [-0.2, 0) is 9.59 Å². The monoisotopic (exact) mass is 310 g/mol. The van der Waals surface area contributed by atoms with Crippen LogP contribution in [0.5, 0.6) is 0 Å². The molecule has 0 fully saturated rings. The highest BCUT2D eigenvalue weighted by Crippen LogP contribution is 2.17. The number of anilines is 2. The van der Waals surface area contributed by atoms with Crippen molar-refractivity contribution >= 4 is 23.2 Å². The fourth-order valence-electron chi connectivity index (χ4n) is 2.46. The number of nitrogens with one attached hydrogen (secondary N) is 2. The summed E-state index contributed by atoms with van der Waals surface area (Å²) in [5.74, 6) is -0.640. The Labute approximate surface area is 136 Å². The van der Waals surface area contributed by atoms with Crippen LogP contribution >= 0.6 is 0 Å². The van der Waals surface area contributed by atoms with Crippen molar-refractivity contribution in [1.82, 2.24) is 0 Å². The lowest BCUT2D eigenvalue weighted by Crippen LogP contribution is -2.21. The Hall–Kier alpha value is -2.62. The first kappa shape index (κ1) is 16.7. The fraction of sp³-hybridized carbons (Fsp3) is 0.263. The summed E-state index contributed by atoms with van der Waals surface area (Å²) in [6, 6.07) is 11.6. The van der Waals surface area contributed by atoms with Crippen molar-refractivity contribution < 1.29 is 9.59 Å². The second-order valence-corrected chi connectivity index (χ2v) is 5.97. The molecule has 2 N–H and O–H groups in total. The molecule has 2 rings (SSSR count). The summed E-state index contributed by atoms with van der Waals surface area (Å²) in [5, 5.41) is 5.56. The molecule has 0 aliphatic rings. The summed E-state index contributed by atoms with van der Waals surface area (Å²) in [6.45, 7) is 7.82. The first-order valence-electron chi connectivity index (χ1n) is 7.59. The fourth-order valence-corrected chi connectivity index (χ4v) is 2.46. The number of carbonyl (C=O) groups is 2. The summed E-state index contributed by atoms with van der Waals surface area (Å²) >= 11 is 0. The average Bonchev–Trinajstić information content (AvgIpc) is 2.41. The van der Waals surface area contributed by atoms with Crippen molar-refractivity contribution in [2.75, 3.05) is 10.6 Å². The molecule has 2 aromatic carbocycles. The van der Waals surface area contributed by atoms with Gasteiger partial charge in [-0.15, -0.1) is 0 Å². The zero-order chi connectivity index (χ0) is 17.0. The molecule has 2 aromatic rings. The highest BCUT2D eigenvalue weighted by atomic mass is 16.2. The van der Waals surface area contributed by atoms with E-state index < -0.39 is 0 Å². The Morgan fingerprint density at radius 2 is 1.39 bits per heavy atom. The van der Waals surface area contributed by atoms with Crippen molar-refractivity contribution in [1.29, 1.82) is 0 Å². The number of benzene rings is 2. The van der Waals surface area contributed by atoms with Gasteiger partial charge in [-0.25, -0.2) is 0 Å². The topological polar surface area (TPSA) is 58.2 Å². The lowest BCUT2D eigenvalue weighted by Gasteiger charge is -2.10. The van der Waals surface area contributed by atoms with Crippen LogP contribution in [0.25, 0.3) is 0 Å². The molecule has 0 aliphatic carbocycles. The van der Waals surface area contributed by atoms with Gasteiger partial charge in [-0.05, 0) is 68.1 Å². The van der Waals surface area contributed by atoms with Gasteiger partial charge in [-0.1, -0.05) is 18.2 Å². The number of hydrogen-bond acceptors (Lipinski definition) is 2. The quantitative estimate of drug-likeness (QED) is 0.842. The first-order valence-corrected chi connectivity index (χ1v) is 7.59.